The highest BCUT2D eigenvalue weighted by Gasteiger charge is 2.04. The van der Waals surface area contributed by atoms with Crippen molar-refractivity contribution in [1.82, 2.24) is 0 Å². The minimum absolute atomic E-state index is 0.181. The molecule has 0 saturated heterocycles. The van der Waals surface area contributed by atoms with E-state index in [9.17, 15) is 4.79 Å². The van der Waals surface area contributed by atoms with Gasteiger partial charge in [-0.05, 0) is 17.7 Å². The van der Waals surface area contributed by atoms with Gasteiger partial charge in [-0.1, -0.05) is 28.1 Å². The summed E-state index contributed by atoms with van der Waals surface area (Å²) in [6.07, 6.45) is 1.21. The van der Waals surface area contributed by atoms with Gasteiger partial charge in [0.15, 0.2) is 0 Å². The Kier molecular flexibility index (Phi) is 3.44. The van der Waals surface area contributed by atoms with Crippen molar-refractivity contribution >= 4 is 22.2 Å². The molecule has 0 heterocycles. The van der Waals surface area contributed by atoms with Crippen molar-refractivity contribution in [3.05, 3.63) is 34.3 Å². The minimum Gasteiger partial charge on any atom is -0.324 e. The van der Waals surface area contributed by atoms with Crippen LogP contribution in [0.3, 0.4) is 0 Å². The fraction of sp³-hybridized carbons (Fsp3) is 0.222. The molecule has 0 radical (unpaired) electrons. The van der Waals surface area contributed by atoms with E-state index in [0.29, 0.717) is 6.42 Å². The molecule has 0 aliphatic carbocycles. The quantitative estimate of drug-likeness (QED) is 0.804. The molecule has 2 nitrogen and oxygen atoms in total. The van der Waals surface area contributed by atoms with Gasteiger partial charge in [0.25, 0.3) is 0 Å². The molecule has 1 rings (SSSR count). The van der Waals surface area contributed by atoms with Crippen LogP contribution in [0.15, 0.2) is 28.7 Å². The van der Waals surface area contributed by atoms with Crippen molar-refractivity contribution in [2.45, 2.75) is 12.5 Å². The summed E-state index contributed by atoms with van der Waals surface area (Å²) in [5, 5.41) is 0. The Morgan fingerprint density at radius 1 is 1.58 bits per heavy atom. The van der Waals surface area contributed by atoms with Gasteiger partial charge in [0, 0.05) is 16.9 Å². The predicted molar refractivity (Wildman–Crippen MR) is 51.8 cm³/mol. The zero-order valence-electron chi connectivity index (χ0n) is 6.53. The van der Waals surface area contributed by atoms with Crippen LogP contribution < -0.4 is 5.73 Å². The van der Waals surface area contributed by atoms with Gasteiger partial charge in [-0.15, -0.1) is 0 Å². The Balaban J connectivity index is 2.80. The smallest absolute Gasteiger partial charge is 0.121 e. The Morgan fingerprint density at radius 3 is 2.92 bits per heavy atom. The van der Waals surface area contributed by atoms with E-state index in [2.05, 4.69) is 15.9 Å². The third kappa shape index (κ3) is 2.43. The first kappa shape index (κ1) is 9.42. The molecule has 0 aliphatic heterocycles. The lowest BCUT2D eigenvalue weighted by molar-refractivity contribution is -0.108. The van der Waals surface area contributed by atoms with E-state index < -0.39 is 0 Å². The molecule has 1 atom stereocenters. The third-order valence-electron chi connectivity index (χ3n) is 1.63. The van der Waals surface area contributed by atoms with Crippen LogP contribution in [0.1, 0.15) is 18.0 Å². The maximum absolute atomic E-state index is 10.2. The average Bonchev–Trinajstić information content (AvgIpc) is 2.05. The summed E-state index contributed by atoms with van der Waals surface area (Å²) in [7, 11) is 0. The van der Waals surface area contributed by atoms with Crippen LogP contribution in [0, 0.1) is 0 Å². The molecule has 1 aromatic carbocycles. The summed E-state index contributed by atoms with van der Waals surface area (Å²) in [4.78, 5) is 10.2. The number of rotatable bonds is 3. The average molecular weight is 228 g/mol. The van der Waals surface area contributed by atoms with Crippen LogP contribution in [-0.4, -0.2) is 6.29 Å². The van der Waals surface area contributed by atoms with Crippen molar-refractivity contribution < 1.29 is 4.79 Å². The van der Waals surface area contributed by atoms with E-state index in [1.165, 1.54) is 0 Å². The van der Waals surface area contributed by atoms with Gasteiger partial charge in [-0.3, -0.25) is 0 Å². The number of halogens is 1. The van der Waals surface area contributed by atoms with Crippen molar-refractivity contribution in [3.8, 4) is 0 Å². The Bertz CT molecular complexity index is 275. The van der Waals surface area contributed by atoms with Gasteiger partial charge in [0.1, 0.15) is 6.29 Å². The number of aldehydes is 1. The zero-order valence-corrected chi connectivity index (χ0v) is 8.12. The van der Waals surface area contributed by atoms with Gasteiger partial charge in [-0.25, -0.2) is 0 Å². The van der Waals surface area contributed by atoms with E-state index >= 15 is 0 Å². The number of carbonyl (C=O) groups excluding carboxylic acids is 1. The summed E-state index contributed by atoms with van der Waals surface area (Å²) in [5.74, 6) is 0. The lowest BCUT2D eigenvalue weighted by Crippen LogP contribution is -2.10. The molecule has 1 unspecified atom stereocenters. The number of benzene rings is 1. The Labute approximate surface area is 79.9 Å². The fourth-order valence-corrected chi connectivity index (χ4v) is 1.39. The van der Waals surface area contributed by atoms with Gasteiger partial charge < -0.3 is 10.5 Å². The molecular weight excluding hydrogens is 218 g/mol. The number of nitrogens with two attached hydrogens (primary N) is 1. The summed E-state index contributed by atoms with van der Waals surface area (Å²) < 4.78 is 0.987. The van der Waals surface area contributed by atoms with Crippen LogP contribution in [0.2, 0.25) is 0 Å². The SMILES string of the molecule is NC(CC=O)c1cccc(Br)c1. The second kappa shape index (κ2) is 4.38. The molecule has 3 heteroatoms. The van der Waals surface area contributed by atoms with Gasteiger partial charge in [0.05, 0.1) is 0 Å². The molecule has 0 fully saturated rings. The monoisotopic (exact) mass is 227 g/mol. The second-order valence-electron chi connectivity index (χ2n) is 2.56. The zero-order chi connectivity index (χ0) is 8.97. The normalized spacial score (nSPS) is 12.5. The van der Waals surface area contributed by atoms with Crippen molar-refractivity contribution in [3.63, 3.8) is 0 Å². The van der Waals surface area contributed by atoms with Gasteiger partial charge in [0.2, 0.25) is 0 Å². The molecule has 2 N–H and O–H groups in total. The lowest BCUT2D eigenvalue weighted by Gasteiger charge is -2.07. The largest absolute Gasteiger partial charge is 0.324 e. The standard InChI is InChI=1S/C9H10BrNO/c10-8-3-1-2-7(6-8)9(11)4-5-12/h1-3,5-6,9H,4,11H2. The van der Waals surface area contributed by atoms with Crippen molar-refractivity contribution in [2.24, 2.45) is 5.73 Å². The topological polar surface area (TPSA) is 43.1 Å². The van der Waals surface area contributed by atoms with Gasteiger partial charge >= 0.3 is 0 Å². The highest BCUT2D eigenvalue weighted by Crippen LogP contribution is 2.17. The summed E-state index contributed by atoms with van der Waals surface area (Å²) >= 11 is 3.34. The second-order valence-corrected chi connectivity index (χ2v) is 3.48. The molecular formula is C9H10BrNO. The first-order valence-corrected chi connectivity index (χ1v) is 4.48. The number of carbonyl (C=O) groups is 1. The first-order chi connectivity index (χ1) is 5.74. The van der Waals surface area contributed by atoms with Crippen molar-refractivity contribution in [1.29, 1.82) is 0 Å². The Morgan fingerprint density at radius 2 is 2.33 bits per heavy atom. The molecule has 0 spiro atoms. The first-order valence-electron chi connectivity index (χ1n) is 3.68. The minimum atomic E-state index is -0.181. The number of hydrogen-bond donors (Lipinski definition) is 1. The van der Waals surface area contributed by atoms with Crippen LogP contribution in [0.4, 0.5) is 0 Å². The summed E-state index contributed by atoms with van der Waals surface area (Å²) in [6, 6.07) is 7.49. The summed E-state index contributed by atoms with van der Waals surface area (Å²) in [6.45, 7) is 0. The predicted octanol–water partition coefficient (Wildman–Crippen LogP) is 2.04. The fourth-order valence-electron chi connectivity index (χ4n) is 0.977. The van der Waals surface area contributed by atoms with Crippen LogP contribution in [-0.2, 0) is 4.79 Å². The van der Waals surface area contributed by atoms with Crippen molar-refractivity contribution in [2.75, 3.05) is 0 Å². The van der Waals surface area contributed by atoms with E-state index in [1.807, 2.05) is 24.3 Å². The molecule has 1 aromatic rings. The molecule has 0 saturated carbocycles. The van der Waals surface area contributed by atoms with Gasteiger partial charge in [-0.2, -0.15) is 0 Å². The van der Waals surface area contributed by atoms with Crippen LogP contribution in [0.5, 0.6) is 0 Å². The number of hydrogen-bond acceptors (Lipinski definition) is 2. The van der Waals surface area contributed by atoms with Crippen LogP contribution >= 0.6 is 15.9 Å². The lowest BCUT2D eigenvalue weighted by atomic mass is 10.1. The maximum Gasteiger partial charge on any atom is 0.121 e. The third-order valence-corrected chi connectivity index (χ3v) is 2.12. The Hall–Kier alpha value is -0.670. The van der Waals surface area contributed by atoms with Crippen LogP contribution in [0.25, 0.3) is 0 Å². The van der Waals surface area contributed by atoms with E-state index in [4.69, 9.17) is 5.73 Å². The molecule has 0 amide bonds. The summed E-state index contributed by atoms with van der Waals surface area (Å²) in [5.41, 5.74) is 6.71. The maximum atomic E-state index is 10.2. The molecule has 0 aliphatic rings. The highest BCUT2D eigenvalue weighted by molar-refractivity contribution is 9.10. The highest BCUT2D eigenvalue weighted by atomic mass is 79.9. The molecule has 12 heavy (non-hydrogen) atoms. The van der Waals surface area contributed by atoms with E-state index in [-0.39, 0.29) is 6.04 Å². The molecule has 0 bridgehead atoms. The van der Waals surface area contributed by atoms with E-state index in [0.717, 1.165) is 16.3 Å². The van der Waals surface area contributed by atoms with E-state index in [1.54, 1.807) is 0 Å². The molecule has 0 aromatic heterocycles. The molecule has 64 valence electrons.